The minimum absolute atomic E-state index is 0.0621. The van der Waals surface area contributed by atoms with Crippen molar-refractivity contribution in [1.29, 1.82) is 0 Å². The Morgan fingerprint density at radius 3 is 2.59 bits per heavy atom. The Bertz CT molecular complexity index is 1000. The molecule has 2 amide bonds. The van der Waals surface area contributed by atoms with Crippen molar-refractivity contribution in [1.82, 2.24) is 10.6 Å². The summed E-state index contributed by atoms with van der Waals surface area (Å²) < 4.78 is 50.9. The quantitative estimate of drug-likeness (QED) is 0.377. The molecule has 0 aliphatic heterocycles. The Hall–Kier alpha value is -2.98. The van der Waals surface area contributed by atoms with E-state index in [2.05, 4.69) is 15.4 Å². The molecule has 2 N–H and O–H groups in total. The number of amides is 2. The maximum Gasteiger partial charge on any atom is 0.406 e. The Balaban J connectivity index is 1.86. The van der Waals surface area contributed by atoms with Crippen LogP contribution in [0.5, 0.6) is 0 Å². The highest BCUT2D eigenvalue weighted by Gasteiger charge is 2.47. The van der Waals surface area contributed by atoms with E-state index < -0.39 is 48.7 Å². The molecule has 2 aromatic rings. The minimum atomic E-state index is -2.81. The van der Waals surface area contributed by atoms with Gasteiger partial charge < -0.3 is 25.0 Å². The molecule has 34 heavy (non-hydrogen) atoms. The van der Waals surface area contributed by atoms with Gasteiger partial charge >= 0.3 is 6.09 Å². The summed E-state index contributed by atoms with van der Waals surface area (Å²) in [5.74, 6) is -3.92. The fourth-order valence-corrected chi connectivity index (χ4v) is 3.84. The zero-order chi connectivity index (χ0) is 24.7. The topological polar surface area (TPSA) is 79.9 Å². The summed E-state index contributed by atoms with van der Waals surface area (Å²) in [4.78, 5) is 26.0. The number of anilines is 1. The van der Waals surface area contributed by atoms with Crippen LogP contribution in [-0.2, 0) is 14.3 Å². The van der Waals surface area contributed by atoms with Crippen LogP contribution in [0.25, 0.3) is 0 Å². The standard InChI is InChI=1S/C23H25ClF3N3O4/c1-33-22(32)28-9-10-34-14-30(17-6-4-5-15(25)11-17)20(18-7-2-3-8-19(18)24)21(31)29-16-12-23(26,27)13-16/h2-8,11,16,20H,9-10,12-14H2,1H3,(H,28,32)(H,29,31). The lowest BCUT2D eigenvalue weighted by atomic mass is 9.87. The SMILES string of the molecule is COC(=O)NCCOCN(c1cccc(F)c1)C(C(=O)NC1CC(F)(F)C1)c1ccccc1Cl. The number of alkyl halides is 2. The van der Waals surface area contributed by atoms with Crippen LogP contribution in [0.1, 0.15) is 24.4 Å². The molecule has 0 aromatic heterocycles. The number of alkyl carbamates (subject to hydrolysis) is 1. The normalized spacial score (nSPS) is 15.7. The van der Waals surface area contributed by atoms with E-state index in [1.165, 1.54) is 30.2 Å². The van der Waals surface area contributed by atoms with Crippen molar-refractivity contribution in [3.05, 3.63) is 64.9 Å². The van der Waals surface area contributed by atoms with Gasteiger partial charge in [0.25, 0.3) is 5.92 Å². The number of hydrogen-bond acceptors (Lipinski definition) is 5. The molecule has 1 aliphatic rings. The monoisotopic (exact) mass is 499 g/mol. The third-order valence-corrected chi connectivity index (χ3v) is 5.61. The predicted molar refractivity (Wildman–Crippen MR) is 120 cm³/mol. The molecule has 7 nitrogen and oxygen atoms in total. The van der Waals surface area contributed by atoms with E-state index in [1.54, 1.807) is 30.3 Å². The molecule has 1 atom stereocenters. The van der Waals surface area contributed by atoms with Crippen LogP contribution in [-0.4, -0.2) is 51.0 Å². The number of hydrogen-bond donors (Lipinski definition) is 2. The van der Waals surface area contributed by atoms with Gasteiger partial charge in [-0.15, -0.1) is 0 Å². The Morgan fingerprint density at radius 1 is 1.21 bits per heavy atom. The first-order chi connectivity index (χ1) is 16.2. The fraction of sp³-hybridized carbons (Fsp3) is 0.391. The van der Waals surface area contributed by atoms with Gasteiger partial charge in [0.15, 0.2) is 0 Å². The van der Waals surface area contributed by atoms with Crippen molar-refractivity contribution in [2.75, 3.05) is 31.9 Å². The zero-order valence-corrected chi connectivity index (χ0v) is 19.2. The molecule has 184 valence electrons. The third-order valence-electron chi connectivity index (χ3n) is 5.27. The van der Waals surface area contributed by atoms with Crippen LogP contribution in [0.4, 0.5) is 23.7 Å². The van der Waals surface area contributed by atoms with Crippen molar-refractivity contribution < 1.29 is 32.2 Å². The van der Waals surface area contributed by atoms with Gasteiger partial charge in [-0.2, -0.15) is 0 Å². The average Bonchev–Trinajstić information content (AvgIpc) is 2.77. The van der Waals surface area contributed by atoms with Crippen LogP contribution in [0, 0.1) is 5.82 Å². The maximum absolute atomic E-state index is 14.1. The van der Waals surface area contributed by atoms with Crippen LogP contribution < -0.4 is 15.5 Å². The Kier molecular flexibility index (Phi) is 8.62. The number of carbonyl (C=O) groups excluding carboxylic acids is 2. The molecule has 0 saturated heterocycles. The lowest BCUT2D eigenvalue weighted by Crippen LogP contribution is -2.53. The smallest absolute Gasteiger partial charge is 0.406 e. The molecule has 1 aliphatic carbocycles. The molecule has 3 rings (SSSR count). The van der Waals surface area contributed by atoms with Gasteiger partial charge in [-0.1, -0.05) is 35.9 Å². The fourth-order valence-electron chi connectivity index (χ4n) is 3.60. The molecule has 1 saturated carbocycles. The van der Waals surface area contributed by atoms with Crippen molar-refractivity contribution in [3.63, 3.8) is 0 Å². The molecule has 0 spiro atoms. The number of nitrogens with one attached hydrogen (secondary N) is 2. The largest absolute Gasteiger partial charge is 0.453 e. The van der Waals surface area contributed by atoms with Crippen LogP contribution in [0.2, 0.25) is 5.02 Å². The second-order valence-electron chi connectivity index (χ2n) is 7.80. The van der Waals surface area contributed by atoms with Crippen molar-refractivity contribution in [3.8, 4) is 0 Å². The molecular formula is C23H25ClF3N3O4. The van der Waals surface area contributed by atoms with Gasteiger partial charge in [-0.3, -0.25) is 4.79 Å². The van der Waals surface area contributed by atoms with Gasteiger partial charge in [-0.05, 0) is 24.3 Å². The molecule has 0 heterocycles. The number of nitrogens with zero attached hydrogens (tertiary/aromatic N) is 1. The number of halogens is 4. The second kappa shape index (κ2) is 11.4. The molecule has 11 heteroatoms. The molecular weight excluding hydrogens is 475 g/mol. The summed E-state index contributed by atoms with van der Waals surface area (Å²) in [6, 6.07) is 10.4. The zero-order valence-electron chi connectivity index (χ0n) is 18.4. The Labute approximate surface area is 200 Å². The molecule has 2 aromatic carbocycles. The number of rotatable bonds is 10. The van der Waals surface area contributed by atoms with Gasteiger partial charge in [0.05, 0.1) is 13.7 Å². The van der Waals surface area contributed by atoms with E-state index in [4.69, 9.17) is 16.3 Å². The van der Waals surface area contributed by atoms with Gasteiger partial charge in [-0.25, -0.2) is 18.0 Å². The van der Waals surface area contributed by atoms with E-state index in [0.717, 1.165) is 0 Å². The summed E-state index contributed by atoms with van der Waals surface area (Å²) in [5, 5.41) is 5.38. The highest BCUT2D eigenvalue weighted by atomic mass is 35.5. The van der Waals surface area contributed by atoms with Crippen LogP contribution in [0.3, 0.4) is 0 Å². The van der Waals surface area contributed by atoms with E-state index >= 15 is 0 Å². The highest BCUT2D eigenvalue weighted by molar-refractivity contribution is 6.31. The summed E-state index contributed by atoms with van der Waals surface area (Å²) in [7, 11) is 1.23. The molecule has 0 radical (unpaired) electrons. The molecule has 1 unspecified atom stereocenters. The van der Waals surface area contributed by atoms with Gasteiger partial charge in [0.1, 0.15) is 18.6 Å². The predicted octanol–water partition coefficient (Wildman–Crippen LogP) is 4.27. The van der Waals surface area contributed by atoms with E-state index in [1.807, 2.05) is 0 Å². The van der Waals surface area contributed by atoms with E-state index in [0.29, 0.717) is 11.3 Å². The lowest BCUT2D eigenvalue weighted by Gasteiger charge is -2.38. The number of ether oxygens (including phenoxy) is 2. The van der Waals surface area contributed by atoms with E-state index in [-0.39, 0.29) is 24.9 Å². The first-order valence-corrected chi connectivity index (χ1v) is 10.9. The number of carbonyl (C=O) groups is 2. The second-order valence-corrected chi connectivity index (χ2v) is 8.21. The Morgan fingerprint density at radius 2 is 1.94 bits per heavy atom. The summed E-state index contributed by atoms with van der Waals surface area (Å²) in [5.41, 5.74) is 0.716. The van der Waals surface area contributed by atoms with Crippen molar-refractivity contribution >= 4 is 29.3 Å². The van der Waals surface area contributed by atoms with Crippen LogP contribution >= 0.6 is 11.6 Å². The maximum atomic E-state index is 14.1. The molecule has 1 fully saturated rings. The first kappa shape index (κ1) is 25.6. The third kappa shape index (κ3) is 6.77. The van der Waals surface area contributed by atoms with Crippen molar-refractivity contribution in [2.24, 2.45) is 0 Å². The number of methoxy groups -OCH3 is 1. The van der Waals surface area contributed by atoms with Crippen molar-refractivity contribution in [2.45, 2.75) is 30.8 Å². The lowest BCUT2D eigenvalue weighted by molar-refractivity contribution is -0.130. The van der Waals surface area contributed by atoms with Crippen LogP contribution in [0.15, 0.2) is 48.5 Å². The summed E-state index contributed by atoms with van der Waals surface area (Å²) in [6.07, 6.45) is -1.54. The number of benzene rings is 2. The van der Waals surface area contributed by atoms with Gasteiger partial charge in [0, 0.05) is 41.7 Å². The van der Waals surface area contributed by atoms with E-state index in [9.17, 15) is 22.8 Å². The minimum Gasteiger partial charge on any atom is -0.453 e. The first-order valence-electron chi connectivity index (χ1n) is 10.5. The van der Waals surface area contributed by atoms with Gasteiger partial charge in [0.2, 0.25) is 5.91 Å². The average molecular weight is 500 g/mol. The molecule has 0 bridgehead atoms. The summed E-state index contributed by atoms with van der Waals surface area (Å²) in [6.45, 7) is 0.00679. The highest BCUT2D eigenvalue weighted by Crippen LogP contribution is 2.38. The summed E-state index contributed by atoms with van der Waals surface area (Å²) >= 11 is 6.39.